The third-order valence-electron chi connectivity index (χ3n) is 11.4. The van der Waals surface area contributed by atoms with Gasteiger partial charge in [-0.15, -0.1) is 0 Å². The SMILES string of the molecule is CC/C=C\C/C=C\C/C=C\C/C=C\CCCCCCCCCCCCCCCCCCCCCCCCC(=O)OC(CO)COC(=O)CCCC/C=C\C/C=C\C/C=C\C/C=C\CC. The van der Waals surface area contributed by atoms with Crippen molar-refractivity contribution in [2.24, 2.45) is 0 Å². The number of unbranched alkanes of at least 4 members (excludes halogenated alkanes) is 24. The number of aliphatic hydroxyl groups is 1. The Balaban J connectivity index is 3.46. The summed E-state index contributed by atoms with van der Waals surface area (Å²) in [6.45, 7) is 3.88. The van der Waals surface area contributed by atoms with Crippen molar-refractivity contribution in [3.05, 3.63) is 97.2 Å². The number of allylic oxidation sites excluding steroid dienone is 16. The fourth-order valence-corrected chi connectivity index (χ4v) is 7.42. The number of esters is 2. The van der Waals surface area contributed by atoms with Gasteiger partial charge in [-0.3, -0.25) is 9.59 Å². The van der Waals surface area contributed by atoms with E-state index in [0.717, 1.165) is 89.9 Å². The summed E-state index contributed by atoms with van der Waals surface area (Å²) in [4.78, 5) is 24.4. The summed E-state index contributed by atoms with van der Waals surface area (Å²) >= 11 is 0. The second-order valence-electron chi connectivity index (χ2n) is 17.5. The van der Waals surface area contributed by atoms with Crippen LogP contribution in [0, 0.1) is 0 Å². The number of carbonyl (C=O) groups excluding carboxylic acids is 2. The van der Waals surface area contributed by atoms with Gasteiger partial charge in [0.1, 0.15) is 6.61 Å². The van der Waals surface area contributed by atoms with Crippen LogP contribution in [0.15, 0.2) is 97.2 Å². The maximum absolute atomic E-state index is 12.3. The Morgan fingerprint density at radius 3 is 0.969 bits per heavy atom. The van der Waals surface area contributed by atoms with Gasteiger partial charge in [0, 0.05) is 12.8 Å². The molecule has 1 atom stereocenters. The Labute approximate surface area is 396 Å². The van der Waals surface area contributed by atoms with Gasteiger partial charge in [0.15, 0.2) is 6.10 Å². The number of rotatable bonds is 48. The summed E-state index contributed by atoms with van der Waals surface area (Å²) < 4.78 is 10.6. The molecule has 0 aliphatic rings. The minimum Gasteiger partial charge on any atom is -0.462 e. The van der Waals surface area contributed by atoms with E-state index in [1.165, 1.54) is 128 Å². The summed E-state index contributed by atoms with van der Waals surface area (Å²) in [6.07, 6.45) is 76.8. The molecule has 5 heteroatoms. The summed E-state index contributed by atoms with van der Waals surface area (Å²) in [5, 5.41) is 9.61. The smallest absolute Gasteiger partial charge is 0.306 e. The van der Waals surface area contributed by atoms with E-state index in [1.807, 2.05) is 0 Å². The number of carbonyl (C=O) groups is 2. The van der Waals surface area contributed by atoms with Gasteiger partial charge in [-0.25, -0.2) is 0 Å². The van der Waals surface area contributed by atoms with E-state index >= 15 is 0 Å². The molecule has 1 N–H and O–H groups in total. The highest BCUT2D eigenvalue weighted by atomic mass is 16.6. The fraction of sp³-hybridized carbons (Fsp3) is 0.695. The van der Waals surface area contributed by atoms with E-state index in [0.29, 0.717) is 12.8 Å². The quantitative estimate of drug-likeness (QED) is 0.0374. The lowest BCUT2D eigenvalue weighted by molar-refractivity contribution is -0.161. The lowest BCUT2D eigenvalue weighted by atomic mass is 10.0. The molecule has 1 unspecified atom stereocenters. The molecule has 0 fully saturated rings. The first kappa shape index (κ1) is 60.8. The average Bonchev–Trinajstić information content (AvgIpc) is 3.30. The van der Waals surface area contributed by atoms with E-state index in [9.17, 15) is 14.7 Å². The van der Waals surface area contributed by atoms with Gasteiger partial charge in [-0.05, 0) is 89.9 Å². The van der Waals surface area contributed by atoms with Crippen molar-refractivity contribution in [2.75, 3.05) is 13.2 Å². The van der Waals surface area contributed by atoms with Gasteiger partial charge in [-0.2, -0.15) is 0 Å². The topological polar surface area (TPSA) is 72.8 Å². The van der Waals surface area contributed by atoms with Crippen molar-refractivity contribution in [2.45, 2.75) is 251 Å². The molecule has 0 spiro atoms. The molecule has 0 heterocycles. The Morgan fingerprint density at radius 2 is 0.625 bits per heavy atom. The van der Waals surface area contributed by atoms with Gasteiger partial charge in [0.25, 0.3) is 0 Å². The van der Waals surface area contributed by atoms with Crippen molar-refractivity contribution >= 4 is 11.9 Å². The Hall–Kier alpha value is -3.18. The second kappa shape index (κ2) is 54.2. The van der Waals surface area contributed by atoms with Crippen LogP contribution in [0.5, 0.6) is 0 Å². The normalized spacial score (nSPS) is 13.0. The van der Waals surface area contributed by atoms with Gasteiger partial charge >= 0.3 is 11.9 Å². The van der Waals surface area contributed by atoms with Crippen LogP contribution in [-0.2, 0) is 19.1 Å². The largest absolute Gasteiger partial charge is 0.462 e. The third kappa shape index (κ3) is 51.5. The first-order valence-electron chi connectivity index (χ1n) is 26.8. The highest BCUT2D eigenvalue weighted by Crippen LogP contribution is 2.16. The molecular weight excluding hydrogens is 789 g/mol. The zero-order chi connectivity index (χ0) is 46.3. The van der Waals surface area contributed by atoms with Gasteiger partial charge in [0.2, 0.25) is 0 Å². The van der Waals surface area contributed by atoms with Crippen LogP contribution in [0.2, 0.25) is 0 Å². The number of hydrogen-bond donors (Lipinski definition) is 1. The Morgan fingerprint density at radius 1 is 0.359 bits per heavy atom. The van der Waals surface area contributed by atoms with Crippen LogP contribution in [0.4, 0.5) is 0 Å². The van der Waals surface area contributed by atoms with Crippen LogP contribution in [0.25, 0.3) is 0 Å². The van der Waals surface area contributed by atoms with Crippen LogP contribution in [-0.4, -0.2) is 36.4 Å². The molecule has 366 valence electrons. The van der Waals surface area contributed by atoms with Crippen molar-refractivity contribution < 1.29 is 24.2 Å². The van der Waals surface area contributed by atoms with Crippen LogP contribution in [0.1, 0.15) is 245 Å². The zero-order valence-electron chi connectivity index (χ0n) is 41.8. The molecule has 0 bridgehead atoms. The molecule has 0 aromatic carbocycles. The molecule has 5 nitrogen and oxygen atoms in total. The molecule has 0 saturated carbocycles. The van der Waals surface area contributed by atoms with Crippen molar-refractivity contribution in [3.63, 3.8) is 0 Å². The predicted octanol–water partition coefficient (Wildman–Crippen LogP) is 18.0. The second-order valence-corrected chi connectivity index (χ2v) is 17.5. The molecule has 0 aliphatic heterocycles. The number of aliphatic hydroxyl groups excluding tert-OH is 1. The molecule has 0 radical (unpaired) electrons. The maximum atomic E-state index is 12.3. The molecule has 0 aromatic heterocycles. The van der Waals surface area contributed by atoms with Crippen molar-refractivity contribution in [1.82, 2.24) is 0 Å². The first-order chi connectivity index (χ1) is 31.6. The molecule has 0 aromatic rings. The van der Waals surface area contributed by atoms with Gasteiger partial charge in [0.05, 0.1) is 6.61 Å². The zero-order valence-corrected chi connectivity index (χ0v) is 41.8. The maximum Gasteiger partial charge on any atom is 0.306 e. The summed E-state index contributed by atoms with van der Waals surface area (Å²) in [7, 11) is 0. The Kier molecular flexibility index (Phi) is 51.5. The minimum atomic E-state index is -0.792. The highest BCUT2D eigenvalue weighted by Gasteiger charge is 2.16. The van der Waals surface area contributed by atoms with Crippen LogP contribution in [0.3, 0.4) is 0 Å². The highest BCUT2D eigenvalue weighted by molar-refractivity contribution is 5.70. The van der Waals surface area contributed by atoms with E-state index in [-0.39, 0.29) is 25.2 Å². The van der Waals surface area contributed by atoms with Crippen molar-refractivity contribution in [3.8, 4) is 0 Å². The molecular formula is C59H100O5. The summed E-state index contributed by atoms with van der Waals surface area (Å²) in [5.41, 5.74) is 0. The lowest BCUT2D eigenvalue weighted by Gasteiger charge is -2.15. The van der Waals surface area contributed by atoms with Gasteiger partial charge < -0.3 is 14.6 Å². The van der Waals surface area contributed by atoms with E-state index < -0.39 is 6.10 Å². The molecule has 0 saturated heterocycles. The fourth-order valence-electron chi connectivity index (χ4n) is 7.42. The lowest BCUT2D eigenvalue weighted by Crippen LogP contribution is -2.28. The van der Waals surface area contributed by atoms with Crippen LogP contribution >= 0.6 is 0 Å². The van der Waals surface area contributed by atoms with E-state index in [2.05, 4.69) is 111 Å². The summed E-state index contributed by atoms with van der Waals surface area (Å²) in [5.74, 6) is -0.637. The van der Waals surface area contributed by atoms with E-state index in [4.69, 9.17) is 9.47 Å². The molecule has 64 heavy (non-hydrogen) atoms. The average molecular weight is 889 g/mol. The van der Waals surface area contributed by atoms with Crippen molar-refractivity contribution in [1.29, 1.82) is 0 Å². The van der Waals surface area contributed by atoms with E-state index in [1.54, 1.807) is 0 Å². The number of hydrogen-bond acceptors (Lipinski definition) is 5. The molecule has 0 rings (SSSR count). The molecule has 0 aliphatic carbocycles. The predicted molar refractivity (Wildman–Crippen MR) is 279 cm³/mol. The standard InChI is InChI=1S/C59H100O5/c1-3-5-7-9-11-13-15-17-19-20-21-22-23-24-25-26-27-28-29-30-31-32-33-34-35-36-37-38-40-42-44-46-48-50-52-54-59(62)64-57(55-60)56-63-58(61)53-51-49-47-45-43-41-39-18-16-14-12-10-8-6-4-2/h5-8,11-14,17-19,21-22,39,43,45,57,60H,3-4,9-10,15-16,20,23-38,40-42,44,46-56H2,1-2H3/b7-5-,8-6-,13-11-,14-12-,19-17-,22-21-,39-18-,45-43-. The monoisotopic (exact) mass is 889 g/mol. The summed E-state index contributed by atoms with van der Waals surface area (Å²) in [6, 6.07) is 0. The number of ether oxygens (including phenoxy) is 2. The minimum absolute atomic E-state index is 0.0892. The first-order valence-corrected chi connectivity index (χ1v) is 26.8. The van der Waals surface area contributed by atoms with Crippen LogP contribution < -0.4 is 0 Å². The third-order valence-corrected chi connectivity index (χ3v) is 11.4. The molecule has 0 amide bonds. The van der Waals surface area contributed by atoms with Gasteiger partial charge in [-0.1, -0.05) is 239 Å². The Bertz CT molecular complexity index is 1230.